The van der Waals surface area contributed by atoms with Crippen molar-refractivity contribution in [3.05, 3.63) is 65.2 Å². The Kier molecular flexibility index (Phi) is 5.75. The number of aliphatic hydroxyl groups is 1. The van der Waals surface area contributed by atoms with E-state index in [1.54, 1.807) is 0 Å². The number of hydrogen-bond donors (Lipinski definition) is 2. The van der Waals surface area contributed by atoms with Gasteiger partial charge in [0.1, 0.15) is 12.4 Å². The Morgan fingerprint density at radius 1 is 1.16 bits per heavy atom. The lowest BCUT2D eigenvalue weighted by molar-refractivity contribution is -0.137. The van der Waals surface area contributed by atoms with Crippen LogP contribution in [0.15, 0.2) is 48.5 Å². The van der Waals surface area contributed by atoms with Crippen LogP contribution in [0.4, 0.5) is 0 Å². The molecular formula is C28H34O4. The maximum Gasteiger partial charge on any atom is 0.303 e. The van der Waals surface area contributed by atoms with E-state index in [4.69, 9.17) is 4.74 Å². The van der Waals surface area contributed by atoms with E-state index in [1.165, 1.54) is 16.7 Å². The molecule has 0 amide bonds. The minimum Gasteiger partial charge on any atom is -0.489 e. The van der Waals surface area contributed by atoms with Crippen LogP contribution in [0.1, 0.15) is 68.1 Å². The summed E-state index contributed by atoms with van der Waals surface area (Å²) in [6.07, 6.45) is 5.64. The van der Waals surface area contributed by atoms with E-state index in [0.29, 0.717) is 36.7 Å². The molecule has 2 N–H and O–H groups in total. The van der Waals surface area contributed by atoms with Gasteiger partial charge in [0, 0.05) is 6.42 Å². The predicted molar refractivity (Wildman–Crippen MR) is 124 cm³/mol. The Labute approximate surface area is 190 Å². The van der Waals surface area contributed by atoms with Crippen LogP contribution in [0, 0.1) is 23.2 Å². The van der Waals surface area contributed by atoms with Gasteiger partial charge >= 0.3 is 5.97 Å². The van der Waals surface area contributed by atoms with Crippen LogP contribution in [0.5, 0.6) is 5.75 Å². The molecule has 170 valence electrons. The molecule has 3 aliphatic carbocycles. The molecule has 3 aliphatic rings. The Morgan fingerprint density at radius 2 is 1.97 bits per heavy atom. The van der Waals surface area contributed by atoms with Gasteiger partial charge < -0.3 is 14.9 Å². The van der Waals surface area contributed by atoms with Crippen molar-refractivity contribution in [2.24, 2.45) is 23.2 Å². The van der Waals surface area contributed by atoms with Crippen molar-refractivity contribution in [3.8, 4) is 5.75 Å². The smallest absolute Gasteiger partial charge is 0.303 e. The normalized spacial score (nSPS) is 33.1. The molecule has 0 aromatic heterocycles. The summed E-state index contributed by atoms with van der Waals surface area (Å²) < 4.78 is 6.08. The van der Waals surface area contributed by atoms with E-state index in [-0.39, 0.29) is 17.9 Å². The van der Waals surface area contributed by atoms with Crippen molar-refractivity contribution < 1.29 is 19.7 Å². The number of carbonyl (C=O) groups is 1. The van der Waals surface area contributed by atoms with E-state index < -0.39 is 5.97 Å². The summed E-state index contributed by atoms with van der Waals surface area (Å²) in [6, 6.07) is 16.9. The van der Waals surface area contributed by atoms with Gasteiger partial charge in [0.2, 0.25) is 0 Å². The monoisotopic (exact) mass is 434 g/mol. The van der Waals surface area contributed by atoms with Crippen LogP contribution in [-0.4, -0.2) is 22.3 Å². The van der Waals surface area contributed by atoms with Gasteiger partial charge in [0.05, 0.1) is 6.10 Å². The molecule has 4 heteroatoms. The Balaban J connectivity index is 1.35. The number of ether oxygens (including phenoxy) is 1. The average molecular weight is 435 g/mol. The number of benzene rings is 2. The third-order valence-electron chi connectivity index (χ3n) is 8.77. The van der Waals surface area contributed by atoms with Crippen molar-refractivity contribution in [2.45, 2.75) is 70.5 Å². The average Bonchev–Trinajstić information content (AvgIpc) is 3.06. The molecule has 2 fully saturated rings. The lowest BCUT2D eigenvalue weighted by Crippen LogP contribution is -2.45. The minimum absolute atomic E-state index is 0.0689. The number of hydrogen-bond acceptors (Lipinski definition) is 3. The molecule has 0 spiro atoms. The molecule has 0 radical (unpaired) electrons. The lowest BCUT2D eigenvalue weighted by Gasteiger charge is -2.51. The molecule has 6 atom stereocenters. The quantitative estimate of drug-likeness (QED) is 0.623. The van der Waals surface area contributed by atoms with Gasteiger partial charge in [-0.1, -0.05) is 43.3 Å². The second kappa shape index (κ2) is 8.55. The van der Waals surface area contributed by atoms with Crippen LogP contribution >= 0.6 is 0 Å². The number of carboxylic acids is 1. The van der Waals surface area contributed by atoms with Crippen LogP contribution in [-0.2, 0) is 17.8 Å². The van der Waals surface area contributed by atoms with Gasteiger partial charge in [-0.15, -0.1) is 0 Å². The molecule has 0 saturated heterocycles. The molecule has 2 saturated carbocycles. The molecule has 5 rings (SSSR count). The number of fused-ring (bicyclic) bond motifs is 5. The summed E-state index contributed by atoms with van der Waals surface area (Å²) in [5, 5.41) is 20.2. The van der Waals surface area contributed by atoms with E-state index >= 15 is 0 Å². The second-order valence-corrected chi connectivity index (χ2v) is 10.5. The van der Waals surface area contributed by atoms with Gasteiger partial charge in [-0.25, -0.2) is 0 Å². The summed E-state index contributed by atoms with van der Waals surface area (Å²) in [5.74, 6) is 1.98. The molecule has 0 heterocycles. The first-order chi connectivity index (χ1) is 15.5. The van der Waals surface area contributed by atoms with E-state index in [1.807, 2.05) is 18.2 Å². The molecular weight excluding hydrogens is 400 g/mol. The number of aryl methyl sites for hydroxylation is 1. The molecule has 2 aromatic rings. The van der Waals surface area contributed by atoms with Crippen molar-refractivity contribution >= 4 is 5.97 Å². The van der Waals surface area contributed by atoms with E-state index in [2.05, 4.69) is 37.3 Å². The van der Waals surface area contributed by atoms with Gasteiger partial charge in [-0.2, -0.15) is 0 Å². The van der Waals surface area contributed by atoms with Gasteiger partial charge in [-0.05, 0) is 96.4 Å². The van der Waals surface area contributed by atoms with Crippen LogP contribution in [0.3, 0.4) is 0 Å². The summed E-state index contributed by atoms with van der Waals surface area (Å²) >= 11 is 0. The fraction of sp³-hybridized carbons (Fsp3) is 0.536. The molecule has 0 bridgehead atoms. The Hall–Kier alpha value is -2.33. The summed E-state index contributed by atoms with van der Waals surface area (Å²) in [6.45, 7) is 2.84. The first-order valence-corrected chi connectivity index (χ1v) is 12.1. The topological polar surface area (TPSA) is 66.8 Å². The fourth-order valence-electron chi connectivity index (χ4n) is 7.25. The largest absolute Gasteiger partial charge is 0.489 e. The highest BCUT2D eigenvalue weighted by Crippen LogP contribution is 2.63. The molecule has 0 aliphatic heterocycles. The van der Waals surface area contributed by atoms with Crippen molar-refractivity contribution in [2.75, 3.05) is 0 Å². The fourth-order valence-corrected chi connectivity index (χ4v) is 7.25. The summed E-state index contributed by atoms with van der Waals surface area (Å²) in [5.41, 5.74) is 3.96. The van der Waals surface area contributed by atoms with Crippen LogP contribution in [0.2, 0.25) is 0 Å². The van der Waals surface area contributed by atoms with Crippen LogP contribution < -0.4 is 4.74 Å². The maximum atomic E-state index is 11.2. The Morgan fingerprint density at radius 3 is 2.75 bits per heavy atom. The number of aliphatic hydroxyl groups excluding tert-OH is 1. The van der Waals surface area contributed by atoms with Gasteiger partial charge in [-0.3, -0.25) is 4.79 Å². The highest BCUT2D eigenvalue weighted by molar-refractivity contribution is 5.66. The number of rotatable bonds is 6. The highest BCUT2D eigenvalue weighted by Gasteiger charge is 2.58. The first kappa shape index (κ1) is 21.5. The zero-order chi connectivity index (χ0) is 22.3. The zero-order valence-electron chi connectivity index (χ0n) is 18.9. The van der Waals surface area contributed by atoms with Crippen LogP contribution in [0.25, 0.3) is 0 Å². The van der Waals surface area contributed by atoms with Gasteiger partial charge in [0.25, 0.3) is 0 Å². The third-order valence-corrected chi connectivity index (χ3v) is 8.77. The highest BCUT2D eigenvalue weighted by atomic mass is 16.5. The third kappa shape index (κ3) is 3.83. The molecule has 2 aromatic carbocycles. The summed E-state index contributed by atoms with van der Waals surface area (Å²) in [7, 11) is 0. The van der Waals surface area contributed by atoms with Gasteiger partial charge in [0.15, 0.2) is 0 Å². The standard InChI is InChI=1S/C28H34O4/c1-28-14-13-23-22-11-9-21(32-17-18-5-3-2-4-6-18)15-19(22)7-10-24(23)27(28)20(16-25(28)29)8-12-26(30)31/h2-6,9,11,15,20,23-25,27,29H,7-8,10,12-14,16-17H2,1H3,(H,30,31)/t20-,23?,24?,25-,27?,28+/m0/s1. The number of aliphatic carboxylic acids is 1. The molecule has 3 unspecified atom stereocenters. The number of carboxylic acid groups (broad SMARTS) is 1. The zero-order valence-corrected chi connectivity index (χ0v) is 18.9. The summed E-state index contributed by atoms with van der Waals surface area (Å²) in [4.78, 5) is 11.2. The Bertz CT molecular complexity index is 971. The van der Waals surface area contributed by atoms with E-state index in [9.17, 15) is 15.0 Å². The lowest BCUT2D eigenvalue weighted by atomic mass is 9.54. The SMILES string of the molecule is C[C@]12CCC3c4ccc(OCc5ccccc5)cc4CCC3C1[C@@H](CCC(=O)O)C[C@@H]2O. The molecule has 32 heavy (non-hydrogen) atoms. The van der Waals surface area contributed by atoms with E-state index in [0.717, 1.165) is 37.9 Å². The maximum absolute atomic E-state index is 11.2. The van der Waals surface area contributed by atoms with Crippen molar-refractivity contribution in [1.29, 1.82) is 0 Å². The van der Waals surface area contributed by atoms with Crippen molar-refractivity contribution in [1.82, 2.24) is 0 Å². The first-order valence-electron chi connectivity index (χ1n) is 12.1. The minimum atomic E-state index is -0.725. The molecule has 4 nitrogen and oxygen atoms in total. The predicted octanol–water partition coefficient (Wildman–Crippen LogP) is 5.57. The van der Waals surface area contributed by atoms with Crippen molar-refractivity contribution in [3.63, 3.8) is 0 Å². The second-order valence-electron chi connectivity index (χ2n) is 10.5.